The van der Waals surface area contributed by atoms with Crippen LogP contribution < -0.4 is 0 Å². The molecule has 1 aliphatic carbocycles. The summed E-state index contributed by atoms with van der Waals surface area (Å²) in [6.07, 6.45) is 8.29. The Hall–Kier alpha value is -1.03. The molecule has 0 spiro atoms. The van der Waals surface area contributed by atoms with Crippen molar-refractivity contribution in [3.05, 3.63) is 11.6 Å². The van der Waals surface area contributed by atoms with Crippen LogP contribution in [0.1, 0.15) is 66.2 Å². The van der Waals surface area contributed by atoms with E-state index in [0.29, 0.717) is 11.8 Å². The molecule has 0 saturated heterocycles. The lowest BCUT2D eigenvalue weighted by molar-refractivity contribution is -0.117. The van der Waals surface area contributed by atoms with E-state index in [0.717, 1.165) is 25.2 Å². The first kappa shape index (κ1) is 15.0. The molecule has 0 heterocycles. The van der Waals surface area contributed by atoms with Crippen LogP contribution in [0.3, 0.4) is 0 Å². The molecule has 0 N–H and O–H groups in total. The number of rotatable bonds is 3. The molecule has 1 unspecified atom stereocenters. The van der Waals surface area contributed by atoms with Gasteiger partial charge in [-0.15, -0.1) is 0 Å². The van der Waals surface area contributed by atoms with E-state index in [9.17, 15) is 4.79 Å². The summed E-state index contributed by atoms with van der Waals surface area (Å²) in [7, 11) is 0. The second kappa shape index (κ2) is 6.78. The predicted molar refractivity (Wildman–Crippen MR) is 77.2 cm³/mol. The Balaban J connectivity index is 2.35. The number of carbonyl (C=O) groups excluding carboxylic acids is 1. The van der Waals surface area contributed by atoms with E-state index in [1.165, 1.54) is 18.4 Å². The van der Waals surface area contributed by atoms with Gasteiger partial charge in [0, 0.05) is 12.8 Å². The standard InChI is InChI=1S/C17H26O/c1-14(18)8-6-5-7-9-15-10-12-16(13-11-15)17(2,3)4/h10,16H,5-6,8,11-13H2,1-4H3. The van der Waals surface area contributed by atoms with Crippen molar-refractivity contribution in [2.75, 3.05) is 0 Å². The lowest BCUT2D eigenvalue weighted by Crippen LogP contribution is -2.21. The van der Waals surface area contributed by atoms with Crippen molar-refractivity contribution < 1.29 is 4.79 Å². The summed E-state index contributed by atoms with van der Waals surface area (Å²) in [5.41, 5.74) is 1.72. The topological polar surface area (TPSA) is 17.1 Å². The van der Waals surface area contributed by atoms with Crippen LogP contribution in [-0.2, 0) is 4.79 Å². The largest absolute Gasteiger partial charge is 0.300 e. The van der Waals surface area contributed by atoms with Crippen molar-refractivity contribution >= 4 is 5.78 Å². The minimum Gasteiger partial charge on any atom is -0.300 e. The van der Waals surface area contributed by atoms with Crippen molar-refractivity contribution in [1.29, 1.82) is 0 Å². The van der Waals surface area contributed by atoms with Crippen LogP contribution in [0, 0.1) is 23.2 Å². The van der Waals surface area contributed by atoms with Crippen LogP contribution >= 0.6 is 0 Å². The van der Waals surface area contributed by atoms with E-state index in [2.05, 4.69) is 38.7 Å². The van der Waals surface area contributed by atoms with Gasteiger partial charge in [0.25, 0.3) is 0 Å². The van der Waals surface area contributed by atoms with Crippen LogP contribution in [0.4, 0.5) is 0 Å². The smallest absolute Gasteiger partial charge is 0.129 e. The molecule has 0 radical (unpaired) electrons. The Morgan fingerprint density at radius 1 is 1.44 bits per heavy atom. The van der Waals surface area contributed by atoms with E-state index < -0.39 is 0 Å². The van der Waals surface area contributed by atoms with Gasteiger partial charge in [-0.3, -0.25) is 0 Å². The summed E-state index contributed by atoms with van der Waals surface area (Å²) in [6.45, 7) is 8.61. The van der Waals surface area contributed by atoms with Crippen molar-refractivity contribution in [2.45, 2.75) is 66.2 Å². The molecule has 1 heteroatoms. The molecule has 0 aromatic rings. The molecule has 1 rings (SSSR count). The van der Waals surface area contributed by atoms with Crippen molar-refractivity contribution in [3.8, 4) is 11.8 Å². The Labute approximate surface area is 112 Å². The molecule has 1 nitrogen and oxygen atoms in total. The van der Waals surface area contributed by atoms with Gasteiger partial charge in [-0.05, 0) is 49.5 Å². The minimum absolute atomic E-state index is 0.265. The van der Waals surface area contributed by atoms with Gasteiger partial charge >= 0.3 is 0 Å². The number of carbonyl (C=O) groups is 1. The molecule has 0 bridgehead atoms. The molecule has 100 valence electrons. The maximum absolute atomic E-state index is 10.8. The third-order valence-electron chi connectivity index (χ3n) is 3.72. The van der Waals surface area contributed by atoms with Gasteiger partial charge < -0.3 is 4.79 Å². The first-order valence-corrected chi connectivity index (χ1v) is 7.07. The highest BCUT2D eigenvalue weighted by Crippen LogP contribution is 2.36. The fraction of sp³-hybridized carbons (Fsp3) is 0.706. The summed E-state index contributed by atoms with van der Waals surface area (Å²) < 4.78 is 0. The zero-order chi connectivity index (χ0) is 13.6. The molecule has 0 amide bonds. The van der Waals surface area contributed by atoms with Crippen LogP contribution in [0.2, 0.25) is 0 Å². The van der Waals surface area contributed by atoms with E-state index in [1.807, 2.05) is 0 Å². The van der Waals surface area contributed by atoms with E-state index in [-0.39, 0.29) is 5.78 Å². The number of hydrogen-bond acceptors (Lipinski definition) is 1. The second-order valence-electron chi connectivity index (χ2n) is 6.42. The average Bonchev–Trinajstić information content (AvgIpc) is 2.27. The normalized spacial score (nSPS) is 19.8. The first-order valence-electron chi connectivity index (χ1n) is 7.07. The van der Waals surface area contributed by atoms with Gasteiger partial charge in [0.15, 0.2) is 0 Å². The van der Waals surface area contributed by atoms with Crippen molar-refractivity contribution in [1.82, 2.24) is 0 Å². The predicted octanol–water partition coefficient (Wildman–Crippen LogP) is 4.52. The van der Waals surface area contributed by atoms with Crippen molar-refractivity contribution in [3.63, 3.8) is 0 Å². The van der Waals surface area contributed by atoms with Gasteiger partial charge in [0.05, 0.1) is 0 Å². The lowest BCUT2D eigenvalue weighted by Gasteiger charge is -2.32. The van der Waals surface area contributed by atoms with Gasteiger partial charge in [0.2, 0.25) is 0 Å². The fourth-order valence-electron chi connectivity index (χ4n) is 2.34. The highest BCUT2D eigenvalue weighted by molar-refractivity contribution is 5.75. The fourth-order valence-corrected chi connectivity index (χ4v) is 2.34. The molecule has 1 atom stereocenters. The van der Waals surface area contributed by atoms with Crippen LogP contribution in [-0.4, -0.2) is 5.78 Å². The third kappa shape index (κ3) is 5.54. The summed E-state index contributed by atoms with van der Waals surface area (Å²) >= 11 is 0. The molecule has 1 aliphatic rings. The molecule has 18 heavy (non-hydrogen) atoms. The number of Topliss-reactive ketones (excluding diaryl/α,β-unsaturated/α-hetero) is 1. The maximum atomic E-state index is 10.8. The zero-order valence-electron chi connectivity index (χ0n) is 12.3. The number of unbranched alkanes of at least 4 members (excludes halogenated alkanes) is 1. The molecule has 0 aliphatic heterocycles. The van der Waals surface area contributed by atoms with Gasteiger partial charge in [-0.25, -0.2) is 0 Å². The molecular formula is C17H26O. The molecule has 0 aromatic carbocycles. The molecule has 0 aromatic heterocycles. The summed E-state index contributed by atoms with van der Waals surface area (Å²) in [6, 6.07) is 0. The zero-order valence-corrected chi connectivity index (χ0v) is 12.3. The maximum Gasteiger partial charge on any atom is 0.129 e. The monoisotopic (exact) mass is 246 g/mol. The van der Waals surface area contributed by atoms with Crippen LogP contribution in [0.5, 0.6) is 0 Å². The van der Waals surface area contributed by atoms with E-state index in [1.54, 1.807) is 6.92 Å². The van der Waals surface area contributed by atoms with Gasteiger partial charge in [-0.2, -0.15) is 0 Å². The Morgan fingerprint density at radius 3 is 2.67 bits per heavy atom. The quantitative estimate of drug-likeness (QED) is 0.528. The molecular weight excluding hydrogens is 220 g/mol. The minimum atomic E-state index is 0.265. The third-order valence-corrected chi connectivity index (χ3v) is 3.72. The first-order chi connectivity index (χ1) is 8.39. The molecule has 0 fully saturated rings. The van der Waals surface area contributed by atoms with Crippen molar-refractivity contribution in [2.24, 2.45) is 11.3 Å². The van der Waals surface area contributed by atoms with E-state index >= 15 is 0 Å². The number of ketones is 1. The summed E-state index contributed by atoms with van der Waals surface area (Å²) in [5.74, 6) is 7.52. The van der Waals surface area contributed by atoms with Gasteiger partial charge in [0.1, 0.15) is 5.78 Å². The number of hydrogen-bond donors (Lipinski definition) is 0. The Bertz CT molecular complexity index is 371. The molecule has 0 saturated carbocycles. The summed E-state index contributed by atoms with van der Waals surface area (Å²) in [5, 5.41) is 0. The van der Waals surface area contributed by atoms with Crippen LogP contribution in [0.15, 0.2) is 11.6 Å². The van der Waals surface area contributed by atoms with E-state index in [4.69, 9.17) is 0 Å². The average molecular weight is 246 g/mol. The Morgan fingerprint density at radius 2 is 2.17 bits per heavy atom. The Kier molecular flexibility index (Phi) is 5.66. The number of allylic oxidation sites excluding steroid dienone is 2. The second-order valence-corrected chi connectivity index (χ2v) is 6.42. The highest BCUT2D eigenvalue weighted by atomic mass is 16.1. The SMILES string of the molecule is CC(=O)CCCC#CC1=CCC(C(C)(C)C)CC1. The highest BCUT2D eigenvalue weighted by Gasteiger charge is 2.25. The van der Waals surface area contributed by atoms with Gasteiger partial charge in [-0.1, -0.05) is 38.7 Å². The van der Waals surface area contributed by atoms with Crippen LogP contribution in [0.25, 0.3) is 0 Å². The lowest BCUT2D eigenvalue weighted by atomic mass is 9.73. The summed E-state index contributed by atoms with van der Waals surface area (Å²) in [4.78, 5) is 10.8.